The Bertz CT molecular complexity index is 585. The second kappa shape index (κ2) is 6.79. The molecule has 0 aliphatic carbocycles. The van der Waals surface area contributed by atoms with Crippen LogP contribution < -0.4 is 5.32 Å². The van der Waals surface area contributed by atoms with Gasteiger partial charge in [0.05, 0.1) is 14.7 Å². The second-order valence-electron chi connectivity index (χ2n) is 3.94. The quantitative estimate of drug-likeness (QED) is 0.648. The molecule has 1 nitrogen and oxygen atoms in total. The summed E-state index contributed by atoms with van der Waals surface area (Å²) >= 11 is 23.3. The van der Waals surface area contributed by atoms with Crippen LogP contribution in [0, 0.1) is 0 Å². The van der Waals surface area contributed by atoms with Gasteiger partial charge in [-0.25, -0.2) is 0 Å². The van der Waals surface area contributed by atoms with E-state index in [-0.39, 0.29) is 6.04 Å². The molecule has 1 atom stereocenters. The van der Waals surface area contributed by atoms with Gasteiger partial charge >= 0.3 is 0 Å². The standard InChI is InChI=1S/C13H11BrCl3NS/c1-2-18-12(9-6-11(16)19-13(9)17)8-5-7(15)3-4-10(8)14/h3-6,12,18H,2H2,1H3. The Kier molecular flexibility index (Phi) is 5.58. The molecular weight excluding hydrogens is 388 g/mol. The Morgan fingerprint density at radius 2 is 1.95 bits per heavy atom. The third kappa shape index (κ3) is 3.66. The molecule has 19 heavy (non-hydrogen) atoms. The number of thiophene rings is 1. The predicted molar refractivity (Wildman–Crippen MR) is 89.0 cm³/mol. The van der Waals surface area contributed by atoms with Gasteiger partial charge in [0.25, 0.3) is 0 Å². The van der Waals surface area contributed by atoms with Gasteiger partial charge in [-0.1, -0.05) is 57.7 Å². The van der Waals surface area contributed by atoms with Crippen molar-refractivity contribution < 1.29 is 0 Å². The minimum absolute atomic E-state index is 0.0330. The normalized spacial score (nSPS) is 12.7. The van der Waals surface area contributed by atoms with E-state index in [2.05, 4.69) is 21.2 Å². The van der Waals surface area contributed by atoms with Crippen LogP contribution in [0.1, 0.15) is 24.1 Å². The average Bonchev–Trinajstić information content (AvgIpc) is 2.69. The summed E-state index contributed by atoms with van der Waals surface area (Å²) in [6.07, 6.45) is 0. The van der Waals surface area contributed by atoms with Gasteiger partial charge in [0.2, 0.25) is 0 Å². The van der Waals surface area contributed by atoms with E-state index in [4.69, 9.17) is 34.8 Å². The Balaban J connectivity index is 2.51. The molecule has 0 saturated heterocycles. The fourth-order valence-corrected chi connectivity index (χ4v) is 4.07. The van der Waals surface area contributed by atoms with E-state index in [1.54, 1.807) is 0 Å². The molecule has 0 bridgehead atoms. The van der Waals surface area contributed by atoms with Crippen LogP contribution in [0.2, 0.25) is 13.7 Å². The zero-order chi connectivity index (χ0) is 14.0. The van der Waals surface area contributed by atoms with Gasteiger partial charge in [-0.15, -0.1) is 11.3 Å². The van der Waals surface area contributed by atoms with Crippen molar-refractivity contribution in [3.8, 4) is 0 Å². The fraction of sp³-hybridized carbons (Fsp3) is 0.231. The Hall–Kier alpha value is 0.230. The van der Waals surface area contributed by atoms with Gasteiger partial charge in [-0.3, -0.25) is 0 Å². The van der Waals surface area contributed by atoms with E-state index in [0.29, 0.717) is 13.7 Å². The first kappa shape index (κ1) is 15.6. The van der Waals surface area contributed by atoms with Gasteiger partial charge in [0.1, 0.15) is 0 Å². The molecule has 6 heteroatoms. The molecule has 1 unspecified atom stereocenters. The lowest BCUT2D eigenvalue weighted by molar-refractivity contribution is 0.630. The predicted octanol–water partition coefficient (Wildman–Crippen LogP) is 6.17. The number of rotatable bonds is 4. The molecule has 0 amide bonds. The molecule has 0 aliphatic rings. The molecule has 0 spiro atoms. The highest BCUT2D eigenvalue weighted by molar-refractivity contribution is 9.10. The summed E-state index contributed by atoms with van der Waals surface area (Å²) in [6, 6.07) is 7.58. The molecule has 1 heterocycles. The van der Waals surface area contributed by atoms with Crippen LogP contribution in [0.4, 0.5) is 0 Å². The fourth-order valence-electron chi connectivity index (χ4n) is 1.88. The third-order valence-corrected chi connectivity index (χ3v) is 5.15. The smallest absolute Gasteiger partial charge is 0.0995 e. The Morgan fingerprint density at radius 1 is 1.21 bits per heavy atom. The van der Waals surface area contributed by atoms with Crippen molar-refractivity contribution in [2.45, 2.75) is 13.0 Å². The highest BCUT2D eigenvalue weighted by Gasteiger charge is 2.21. The van der Waals surface area contributed by atoms with Gasteiger partial charge in [-0.2, -0.15) is 0 Å². The van der Waals surface area contributed by atoms with Crippen LogP contribution >= 0.6 is 62.1 Å². The third-order valence-electron chi connectivity index (χ3n) is 2.67. The summed E-state index contributed by atoms with van der Waals surface area (Å²) in [5.41, 5.74) is 2.02. The second-order valence-corrected chi connectivity index (χ2v) is 7.51. The summed E-state index contributed by atoms with van der Waals surface area (Å²) in [4.78, 5) is 0. The largest absolute Gasteiger partial charge is 0.306 e. The minimum atomic E-state index is -0.0330. The first-order valence-electron chi connectivity index (χ1n) is 5.66. The van der Waals surface area contributed by atoms with Crippen molar-refractivity contribution in [2.24, 2.45) is 0 Å². The van der Waals surface area contributed by atoms with Crippen molar-refractivity contribution in [3.63, 3.8) is 0 Å². The zero-order valence-electron chi connectivity index (χ0n) is 10.0. The highest BCUT2D eigenvalue weighted by atomic mass is 79.9. The molecule has 2 aromatic rings. The molecule has 1 aromatic carbocycles. The molecule has 1 N–H and O–H groups in total. The number of hydrogen-bond acceptors (Lipinski definition) is 2. The number of halogens is 4. The summed E-state index contributed by atoms with van der Waals surface area (Å²) in [7, 11) is 0. The molecule has 0 fully saturated rings. The van der Waals surface area contributed by atoms with E-state index in [1.165, 1.54) is 11.3 Å². The van der Waals surface area contributed by atoms with Gasteiger partial charge in [0, 0.05) is 15.1 Å². The maximum Gasteiger partial charge on any atom is 0.0995 e. The van der Waals surface area contributed by atoms with Crippen LogP contribution in [-0.4, -0.2) is 6.54 Å². The lowest BCUT2D eigenvalue weighted by Gasteiger charge is -2.19. The van der Waals surface area contributed by atoms with Crippen LogP contribution in [0.3, 0.4) is 0 Å². The first-order chi connectivity index (χ1) is 9.02. The number of hydrogen-bond donors (Lipinski definition) is 1. The van der Waals surface area contributed by atoms with Crippen molar-refractivity contribution >= 4 is 62.1 Å². The maximum absolute atomic E-state index is 6.26. The van der Waals surface area contributed by atoms with Crippen molar-refractivity contribution in [2.75, 3.05) is 6.54 Å². The van der Waals surface area contributed by atoms with Gasteiger partial charge < -0.3 is 5.32 Å². The molecule has 2 rings (SSSR count). The number of nitrogens with one attached hydrogen (secondary N) is 1. The average molecular weight is 400 g/mol. The minimum Gasteiger partial charge on any atom is -0.306 e. The first-order valence-corrected chi connectivity index (χ1v) is 8.40. The molecular formula is C13H11BrCl3NS. The van der Waals surface area contributed by atoms with E-state index in [1.807, 2.05) is 31.2 Å². The van der Waals surface area contributed by atoms with E-state index in [0.717, 1.165) is 22.1 Å². The molecule has 102 valence electrons. The molecule has 0 aliphatic heterocycles. The Morgan fingerprint density at radius 3 is 2.53 bits per heavy atom. The van der Waals surface area contributed by atoms with Crippen LogP contribution in [0.25, 0.3) is 0 Å². The van der Waals surface area contributed by atoms with Crippen molar-refractivity contribution in [1.29, 1.82) is 0 Å². The summed E-state index contributed by atoms with van der Waals surface area (Å²) in [6.45, 7) is 2.86. The summed E-state index contributed by atoms with van der Waals surface area (Å²) in [5.74, 6) is 0. The summed E-state index contributed by atoms with van der Waals surface area (Å²) < 4.78 is 2.37. The van der Waals surface area contributed by atoms with Crippen LogP contribution in [-0.2, 0) is 0 Å². The van der Waals surface area contributed by atoms with Crippen LogP contribution in [0.5, 0.6) is 0 Å². The molecule has 0 saturated carbocycles. The van der Waals surface area contributed by atoms with Crippen molar-refractivity contribution in [3.05, 3.63) is 53.6 Å². The van der Waals surface area contributed by atoms with E-state index < -0.39 is 0 Å². The topological polar surface area (TPSA) is 12.0 Å². The lowest BCUT2D eigenvalue weighted by atomic mass is 10.0. The summed E-state index contributed by atoms with van der Waals surface area (Å²) in [5, 5.41) is 4.11. The van der Waals surface area contributed by atoms with Crippen molar-refractivity contribution in [1.82, 2.24) is 5.32 Å². The van der Waals surface area contributed by atoms with E-state index >= 15 is 0 Å². The zero-order valence-corrected chi connectivity index (χ0v) is 14.7. The maximum atomic E-state index is 6.26. The van der Waals surface area contributed by atoms with Gasteiger partial charge in [0.15, 0.2) is 0 Å². The highest BCUT2D eigenvalue weighted by Crippen LogP contribution is 2.39. The van der Waals surface area contributed by atoms with E-state index in [9.17, 15) is 0 Å². The molecule has 1 aromatic heterocycles. The molecule has 0 radical (unpaired) electrons. The Labute approximate surface area is 140 Å². The SMILES string of the molecule is CCNC(c1cc(Cl)ccc1Br)c1cc(Cl)sc1Cl. The van der Waals surface area contributed by atoms with Crippen LogP contribution in [0.15, 0.2) is 28.7 Å². The number of benzene rings is 1. The van der Waals surface area contributed by atoms with Gasteiger partial charge in [-0.05, 0) is 36.4 Å². The lowest BCUT2D eigenvalue weighted by Crippen LogP contribution is -2.22. The monoisotopic (exact) mass is 397 g/mol.